The fourth-order valence-electron chi connectivity index (χ4n) is 4.28. The number of aromatic nitrogens is 2. The Morgan fingerprint density at radius 3 is 2.81 bits per heavy atom. The number of nitrogens with zero attached hydrogens (tertiary/aromatic N) is 3. The molecule has 1 aromatic heterocycles. The van der Waals surface area contributed by atoms with Gasteiger partial charge in [-0.2, -0.15) is 0 Å². The number of sulfone groups is 1. The van der Waals surface area contributed by atoms with Gasteiger partial charge in [-0.15, -0.1) is 0 Å². The molecule has 4 rings (SSSR count). The highest BCUT2D eigenvalue weighted by Crippen LogP contribution is 2.36. The SMILES string of the molecule is CN(C)[C@@H]1CS(=O)(=O)[C@H]2CN(C(=O)CCc3nc4ccccc4[nH]3)C[C@@H]12. The van der Waals surface area contributed by atoms with Gasteiger partial charge < -0.3 is 14.8 Å². The molecule has 8 heteroatoms. The normalized spacial score (nSPS) is 27.3. The zero-order valence-electron chi connectivity index (χ0n) is 15.1. The lowest BCUT2D eigenvalue weighted by molar-refractivity contribution is -0.130. The Bertz CT molecular complexity index is 904. The van der Waals surface area contributed by atoms with Crippen molar-refractivity contribution in [3.05, 3.63) is 30.1 Å². The number of para-hydroxylation sites is 2. The topological polar surface area (TPSA) is 86.4 Å². The number of hydrogen-bond donors (Lipinski definition) is 1. The number of imidazole rings is 1. The van der Waals surface area contributed by atoms with Gasteiger partial charge in [-0.05, 0) is 26.2 Å². The van der Waals surface area contributed by atoms with E-state index in [9.17, 15) is 13.2 Å². The van der Waals surface area contributed by atoms with Crippen LogP contribution in [0.5, 0.6) is 0 Å². The van der Waals surface area contributed by atoms with E-state index in [0.717, 1.165) is 16.9 Å². The van der Waals surface area contributed by atoms with Crippen molar-refractivity contribution in [2.24, 2.45) is 5.92 Å². The fraction of sp³-hybridized carbons (Fsp3) is 0.556. The van der Waals surface area contributed by atoms with Crippen LogP contribution >= 0.6 is 0 Å². The summed E-state index contributed by atoms with van der Waals surface area (Å²) in [6.45, 7) is 0.863. The number of nitrogens with one attached hydrogen (secondary N) is 1. The van der Waals surface area contributed by atoms with E-state index in [4.69, 9.17) is 0 Å². The van der Waals surface area contributed by atoms with Gasteiger partial charge in [0.15, 0.2) is 9.84 Å². The van der Waals surface area contributed by atoms with Crippen molar-refractivity contribution in [2.75, 3.05) is 32.9 Å². The summed E-state index contributed by atoms with van der Waals surface area (Å²) in [6.07, 6.45) is 0.870. The Morgan fingerprint density at radius 2 is 2.08 bits per heavy atom. The Labute approximate surface area is 153 Å². The number of aromatic amines is 1. The lowest BCUT2D eigenvalue weighted by Crippen LogP contribution is -2.38. The molecule has 0 unspecified atom stereocenters. The summed E-state index contributed by atoms with van der Waals surface area (Å²) in [7, 11) is 0.700. The van der Waals surface area contributed by atoms with Crippen molar-refractivity contribution in [1.29, 1.82) is 0 Å². The minimum atomic E-state index is -3.12. The Kier molecular flexibility index (Phi) is 4.27. The highest BCUT2D eigenvalue weighted by molar-refractivity contribution is 7.92. The number of fused-ring (bicyclic) bond motifs is 2. The molecule has 2 aliphatic heterocycles. The van der Waals surface area contributed by atoms with Crippen LogP contribution in [0.2, 0.25) is 0 Å². The molecule has 0 aliphatic carbocycles. The second kappa shape index (κ2) is 6.35. The summed E-state index contributed by atoms with van der Waals surface area (Å²) < 4.78 is 24.9. The smallest absolute Gasteiger partial charge is 0.223 e. The largest absolute Gasteiger partial charge is 0.342 e. The third-order valence-corrected chi connectivity index (χ3v) is 7.93. The summed E-state index contributed by atoms with van der Waals surface area (Å²) in [6, 6.07) is 7.77. The molecule has 0 radical (unpaired) electrons. The maximum atomic E-state index is 12.6. The average molecular weight is 376 g/mol. The van der Waals surface area contributed by atoms with E-state index in [0.29, 0.717) is 25.9 Å². The Balaban J connectivity index is 1.41. The maximum Gasteiger partial charge on any atom is 0.223 e. The van der Waals surface area contributed by atoms with Crippen LogP contribution in [0.3, 0.4) is 0 Å². The molecule has 7 nitrogen and oxygen atoms in total. The maximum absolute atomic E-state index is 12.6. The monoisotopic (exact) mass is 376 g/mol. The number of carbonyl (C=O) groups is 1. The first-order valence-corrected chi connectivity index (χ1v) is 10.7. The molecule has 3 heterocycles. The van der Waals surface area contributed by atoms with Crippen molar-refractivity contribution in [1.82, 2.24) is 19.8 Å². The molecule has 1 aromatic carbocycles. The standard InChI is InChI=1S/C18H24N4O3S/c1-21(2)15-11-26(24,25)16-10-22(9-12(15)16)18(23)8-7-17-19-13-5-3-4-6-14(13)20-17/h3-6,12,15-16H,7-11H2,1-2H3,(H,19,20)/t12-,15+,16-/m0/s1. The molecular formula is C18H24N4O3S. The van der Waals surface area contributed by atoms with Crippen LogP contribution in [0.15, 0.2) is 24.3 Å². The van der Waals surface area contributed by atoms with Crippen LogP contribution in [0.1, 0.15) is 12.2 Å². The highest BCUT2D eigenvalue weighted by Gasteiger charge is 2.53. The van der Waals surface area contributed by atoms with Crippen molar-refractivity contribution in [2.45, 2.75) is 24.1 Å². The Morgan fingerprint density at radius 1 is 1.31 bits per heavy atom. The van der Waals surface area contributed by atoms with Crippen molar-refractivity contribution >= 4 is 26.8 Å². The third kappa shape index (κ3) is 3.01. The van der Waals surface area contributed by atoms with Crippen molar-refractivity contribution < 1.29 is 13.2 Å². The molecule has 140 valence electrons. The van der Waals surface area contributed by atoms with E-state index in [1.807, 2.05) is 43.3 Å². The molecule has 0 spiro atoms. The van der Waals surface area contributed by atoms with Crippen LogP contribution in [-0.4, -0.2) is 78.3 Å². The predicted molar refractivity (Wildman–Crippen MR) is 99.5 cm³/mol. The van der Waals surface area contributed by atoms with Gasteiger partial charge in [-0.3, -0.25) is 4.79 Å². The van der Waals surface area contributed by atoms with E-state index in [1.165, 1.54) is 0 Å². The molecule has 0 bridgehead atoms. The number of likely N-dealkylation sites (tertiary alicyclic amines) is 1. The number of rotatable bonds is 4. The van der Waals surface area contributed by atoms with Gasteiger partial charge in [-0.25, -0.2) is 13.4 Å². The second-order valence-electron chi connectivity index (χ2n) is 7.56. The molecule has 2 saturated heterocycles. The average Bonchev–Trinajstić information content (AvgIpc) is 3.26. The van der Waals surface area contributed by atoms with Crippen molar-refractivity contribution in [3.8, 4) is 0 Å². The molecule has 3 atom stereocenters. The van der Waals surface area contributed by atoms with Gasteiger partial charge in [0.2, 0.25) is 5.91 Å². The molecule has 2 fully saturated rings. The van der Waals surface area contributed by atoms with Gasteiger partial charge in [0.05, 0.1) is 22.0 Å². The number of hydrogen-bond acceptors (Lipinski definition) is 5. The first kappa shape index (κ1) is 17.5. The summed E-state index contributed by atoms with van der Waals surface area (Å²) in [5.74, 6) is 1.02. The van der Waals surface area contributed by atoms with E-state index >= 15 is 0 Å². The number of aryl methyl sites for hydroxylation is 1. The summed E-state index contributed by atoms with van der Waals surface area (Å²) >= 11 is 0. The van der Waals surface area contributed by atoms with E-state index in [2.05, 4.69) is 9.97 Å². The predicted octanol–water partition coefficient (Wildman–Crippen LogP) is 0.681. The second-order valence-corrected chi connectivity index (χ2v) is 9.83. The first-order valence-electron chi connectivity index (χ1n) is 8.94. The molecule has 26 heavy (non-hydrogen) atoms. The zero-order valence-corrected chi connectivity index (χ0v) is 15.9. The van der Waals surface area contributed by atoms with Crippen LogP contribution in [0, 0.1) is 5.92 Å². The zero-order chi connectivity index (χ0) is 18.5. The molecule has 2 aliphatic rings. The number of H-pyrrole nitrogens is 1. The highest BCUT2D eigenvalue weighted by atomic mass is 32.2. The first-order chi connectivity index (χ1) is 12.3. The summed E-state index contributed by atoms with van der Waals surface area (Å²) in [4.78, 5) is 24.1. The number of amides is 1. The minimum absolute atomic E-state index is 0.00169. The van der Waals surface area contributed by atoms with Gasteiger partial charge in [0, 0.05) is 37.9 Å². The molecular weight excluding hydrogens is 352 g/mol. The van der Waals surface area contributed by atoms with Gasteiger partial charge in [0.25, 0.3) is 0 Å². The Hall–Kier alpha value is -1.93. The fourth-order valence-corrected chi connectivity index (χ4v) is 6.75. The van der Waals surface area contributed by atoms with Crippen LogP contribution in [0.4, 0.5) is 0 Å². The lowest BCUT2D eigenvalue weighted by Gasteiger charge is -2.25. The van der Waals surface area contributed by atoms with E-state index in [1.54, 1.807) is 4.90 Å². The number of carbonyl (C=O) groups excluding carboxylic acids is 1. The molecule has 1 amide bonds. The van der Waals surface area contributed by atoms with E-state index < -0.39 is 15.1 Å². The van der Waals surface area contributed by atoms with Crippen LogP contribution in [0.25, 0.3) is 11.0 Å². The molecule has 2 aromatic rings. The third-order valence-electron chi connectivity index (χ3n) is 5.70. The summed E-state index contributed by atoms with van der Waals surface area (Å²) in [5.41, 5.74) is 1.86. The van der Waals surface area contributed by atoms with Crippen LogP contribution < -0.4 is 0 Å². The van der Waals surface area contributed by atoms with Crippen molar-refractivity contribution in [3.63, 3.8) is 0 Å². The van der Waals surface area contributed by atoms with Gasteiger partial charge in [-0.1, -0.05) is 12.1 Å². The van der Waals surface area contributed by atoms with E-state index in [-0.39, 0.29) is 23.6 Å². The minimum Gasteiger partial charge on any atom is -0.342 e. The molecule has 1 N–H and O–H groups in total. The summed E-state index contributed by atoms with van der Waals surface area (Å²) in [5, 5.41) is -0.412. The van der Waals surface area contributed by atoms with Crippen LogP contribution in [-0.2, 0) is 21.1 Å². The molecule has 0 saturated carbocycles. The van der Waals surface area contributed by atoms with Gasteiger partial charge in [0.1, 0.15) is 5.82 Å². The quantitative estimate of drug-likeness (QED) is 0.848. The number of benzene rings is 1. The van der Waals surface area contributed by atoms with Gasteiger partial charge >= 0.3 is 0 Å². The lowest BCUT2D eigenvalue weighted by atomic mass is 10.00.